The maximum absolute atomic E-state index is 13.1. The predicted molar refractivity (Wildman–Crippen MR) is 115 cm³/mol. The maximum Gasteiger partial charge on any atom is 0.341 e. The molecule has 0 atom stereocenters. The minimum Gasteiger partial charge on any atom is -0.462 e. The number of aryl methyl sites for hydroxylation is 1. The Morgan fingerprint density at radius 1 is 1.19 bits per heavy atom. The number of esters is 1. The van der Waals surface area contributed by atoms with Gasteiger partial charge in [-0.05, 0) is 43.5 Å². The van der Waals surface area contributed by atoms with Gasteiger partial charge in [0.05, 0.1) is 22.8 Å². The van der Waals surface area contributed by atoms with Gasteiger partial charge in [-0.2, -0.15) is 0 Å². The zero-order valence-corrected chi connectivity index (χ0v) is 17.2. The van der Waals surface area contributed by atoms with Crippen LogP contribution in [0.15, 0.2) is 48.7 Å². The number of aromatic amines is 1. The van der Waals surface area contributed by atoms with Crippen molar-refractivity contribution in [3.63, 3.8) is 0 Å². The van der Waals surface area contributed by atoms with Gasteiger partial charge in [0, 0.05) is 41.3 Å². The highest BCUT2D eigenvalue weighted by Gasteiger charge is 2.28. The van der Waals surface area contributed by atoms with Gasteiger partial charge in [-0.3, -0.25) is 14.9 Å². The summed E-state index contributed by atoms with van der Waals surface area (Å²) in [5.74, 6) is -0.862. The quantitative estimate of drug-likeness (QED) is 0.391. The second-order valence-electron chi connectivity index (χ2n) is 7.29. The molecule has 2 aromatic carbocycles. The standard InChI is InChI=1S/C23H21N3O5/c1-3-31-23(28)19-13-25(22(27)15-7-9-16(10-8-15)26(29)30)12-11-18-17-6-4-5-14(2)20(17)24-21(18)19/h4-10,13,24H,3,11-12H2,1-2H3. The van der Waals surface area contributed by atoms with Crippen LogP contribution in [-0.4, -0.2) is 39.8 Å². The highest BCUT2D eigenvalue weighted by Crippen LogP contribution is 2.33. The lowest BCUT2D eigenvalue weighted by molar-refractivity contribution is -0.384. The van der Waals surface area contributed by atoms with Crippen LogP contribution < -0.4 is 0 Å². The molecule has 1 aliphatic heterocycles. The fourth-order valence-electron chi connectivity index (χ4n) is 3.84. The van der Waals surface area contributed by atoms with Crippen LogP contribution in [0.5, 0.6) is 0 Å². The lowest BCUT2D eigenvalue weighted by Crippen LogP contribution is -2.28. The van der Waals surface area contributed by atoms with Gasteiger partial charge in [-0.1, -0.05) is 18.2 Å². The normalized spacial score (nSPS) is 13.4. The Balaban J connectivity index is 1.77. The highest BCUT2D eigenvalue weighted by molar-refractivity contribution is 6.18. The first kappa shape index (κ1) is 20.3. The molecule has 1 aliphatic rings. The number of nitro benzene ring substituents is 1. The molecule has 31 heavy (non-hydrogen) atoms. The first-order chi connectivity index (χ1) is 14.9. The van der Waals surface area contributed by atoms with Crippen molar-refractivity contribution < 1.29 is 19.2 Å². The summed E-state index contributed by atoms with van der Waals surface area (Å²) in [6, 6.07) is 11.4. The van der Waals surface area contributed by atoms with Gasteiger partial charge in [0.2, 0.25) is 0 Å². The Morgan fingerprint density at radius 3 is 2.61 bits per heavy atom. The second kappa shape index (κ2) is 8.06. The summed E-state index contributed by atoms with van der Waals surface area (Å²) >= 11 is 0. The molecule has 3 aromatic rings. The Hall–Kier alpha value is -3.94. The summed E-state index contributed by atoms with van der Waals surface area (Å²) in [7, 11) is 0. The molecule has 8 nitrogen and oxygen atoms in total. The summed E-state index contributed by atoms with van der Waals surface area (Å²) in [4.78, 5) is 41.1. The number of ether oxygens (including phenoxy) is 1. The van der Waals surface area contributed by atoms with E-state index >= 15 is 0 Å². The van der Waals surface area contributed by atoms with Gasteiger partial charge in [0.15, 0.2) is 0 Å². The maximum atomic E-state index is 13.1. The minimum absolute atomic E-state index is 0.0907. The van der Waals surface area contributed by atoms with Crippen molar-refractivity contribution in [2.45, 2.75) is 20.3 Å². The monoisotopic (exact) mass is 419 g/mol. The molecule has 0 saturated heterocycles. The lowest BCUT2D eigenvalue weighted by Gasteiger charge is -2.18. The molecule has 1 N–H and O–H groups in total. The number of non-ortho nitro benzene ring substituents is 1. The smallest absolute Gasteiger partial charge is 0.341 e. The lowest BCUT2D eigenvalue weighted by atomic mass is 10.0. The van der Waals surface area contributed by atoms with Crippen molar-refractivity contribution >= 4 is 34.0 Å². The third-order valence-corrected chi connectivity index (χ3v) is 5.39. The minimum atomic E-state index is -0.517. The van der Waals surface area contributed by atoms with E-state index in [1.54, 1.807) is 6.92 Å². The topological polar surface area (TPSA) is 106 Å². The number of carbonyl (C=O) groups excluding carboxylic acids is 2. The molecule has 0 aliphatic carbocycles. The van der Waals surface area contributed by atoms with E-state index in [1.165, 1.54) is 35.4 Å². The van der Waals surface area contributed by atoms with E-state index in [1.807, 2.05) is 25.1 Å². The average molecular weight is 419 g/mol. The number of H-pyrrole nitrogens is 1. The molecule has 4 rings (SSSR count). The second-order valence-corrected chi connectivity index (χ2v) is 7.29. The van der Waals surface area contributed by atoms with Crippen molar-refractivity contribution in [2.24, 2.45) is 0 Å². The first-order valence-electron chi connectivity index (χ1n) is 9.95. The Bertz CT molecular complexity index is 1220. The van der Waals surface area contributed by atoms with Crippen LogP contribution in [0, 0.1) is 17.0 Å². The number of benzene rings is 2. The Kier molecular flexibility index (Phi) is 5.29. The molecule has 8 heteroatoms. The highest BCUT2D eigenvalue weighted by atomic mass is 16.6. The van der Waals surface area contributed by atoms with E-state index in [4.69, 9.17) is 4.74 Å². The molecular formula is C23H21N3O5. The van der Waals surface area contributed by atoms with E-state index < -0.39 is 10.9 Å². The number of carbonyl (C=O) groups is 2. The largest absolute Gasteiger partial charge is 0.462 e. The van der Waals surface area contributed by atoms with Crippen LogP contribution in [0.3, 0.4) is 0 Å². The van der Waals surface area contributed by atoms with Gasteiger partial charge in [0.1, 0.15) is 0 Å². The molecule has 0 radical (unpaired) electrons. The van der Waals surface area contributed by atoms with E-state index in [0.29, 0.717) is 24.2 Å². The van der Waals surface area contributed by atoms with E-state index in [-0.39, 0.29) is 23.8 Å². The number of aromatic nitrogens is 1. The third kappa shape index (κ3) is 3.68. The van der Waals surface area contributed by atoms with Crippen LogP contribution in [0.1, 0.15) is 34.1 Å². The van der Waals surface area contributed by atoms with E-state index in [0.717, 1.165) is 22.0 Å². The van der Waals surface area contributed by atoms with Crippen LogP contribution >= 0.6 is 0 Å². The number of amides is 1. The molecule has 0 unspecified atom stereocenters. The average Bonchev–Trinajstić information content (AvgIpc) is 3.02. The number of rotatable bonds is 4. The van der Waals surface area contributed by atoms with Crippen molar-refractivity contribution in [1.29, 1.82) is 0 Å². The molecule has 1 amide bonds. The molecule has 2 heterocycles. The summed E-state index contributed by atoms with van der Waals surface area (Å²) in [5.41, 5.74) is 4.12. The molecule has 158 valence electrons. The fraction of sp³-hybridized carbons (Fsp3) is 0.217. The first-order valence-corrected chi connectivity index (χ1v) is 9.95. The van der Waals surface area contributed by atoms with Gasteiger partial charge in [-0.25, -0.2) is 4.79 Å². The predicted octanol–water partition coefficient (Wildman–Crippen LogP) is 3.99. The summed E-state index contributed by atoms with van der Waals surface area (Å²) in [6.07, 6.45) is 2.05. The molecular weight excluding hydrogens is 398 g/mol. The Labute approximate surface area is 178 Å². The Morgan fingerprint density at radius 2 is 1.94 bits per heavy atom. The van der Waals surface area contributed by atoms with Crippen molar-refractivity contribution in [1.82, 2.24) is 9.88 Å². The number of nitrogens with zero attached hydrogens (tertiary/aromatic N) is 2. The number of nitrogens with one attached hydrogen (secondary N) is 1. The SMILES string of the molecule is CCOC(=O)C1=CN(C(=O)c2ccc([N+](=O)[O-])cc2)CCc2c1[nH]c1c(C)cccc21. The van der Waals surface area contributed by atoms with Crippen molar-refractivity contribution in [2.75, 3.05) is 13.2 Å². The van der Waals surface area contributed by atoms with Crippen LogP contribution in [-0.2, 0) is 16.0 Å². The number of hydrogen-bond acceptors (Lipinski definition) is 5. The van der Waals surface area contributed by atoms with Gasteiger partial charge in [0.25, 0.3) is 11.6 Å². The molecule has 0 fully saturated rings. The van der Waals surface area contributed by atoms with Crippen LogP contribution in [0.2, 0.25) is 0 Å². The third-order valence-electron chi connectivity index (χ3n) is 5.39. The summed E-state index contributed by atoms with van der Waals surface area (Å²) in [6.45, 7) is 4.29. The van der Waals surface area contributed by atoms with E-state index in [2.05, 4.69) is 4.98 Å². The summed E-state index contributed by atoms with van der Waals surface area (Å²) < 4.78 is 5.26. The number of para-hydroxylation sites is 1. The number of nitro groups is 1. The van der Waals surface area contributed by atoms with Crippen LogP contribution in [0.25, 0.3) is 16.5 Å². The zero-order valence-electron chi connectivity index (χ0n) is 17.2. The van der Waals surface area contributed by atoms with Crippen molar-refractivity contribution in [3.05, 3.63) is 81.2 Å². The van der Waals surface area contributed by atoms with Gasteiger partial charge < -0.3 is 14.6 Å². The molecule has 1 aromatic heterocycles. The summed E-state index contributed by atoms with van der Waals surface area (Å²) in [5, 5.41) is 11.9. The van der Waals surface area contributed by atoms with Crippen molar-refractivity contribution in [3.8, 4) is 0 Å². The zero-order chi connectivity index (χ0) is 22.1. The number of fused-ring (bicyclic) bond motifs is 3. The molecule has 0 saturated carbocycles. The van der Waals surface area contributed by atoms with E-state index in [9.17, 15) is 19.7 Å². The van der Waals surface area contributed by atoms with Crippen LogP contribution in [0.4, 0.5) is 5.69 Å². The number of hydrogen-bond donors (Lipinski definition) is 1. The van der Waals surface area contributed by atoms with Gasteiger partial charge in [-0.15, -0.1) is 0 Å². The fourth-order valence-corrected chi connectivity index (χ4v) is 3.84. The molecule has 0 spiro atoms. The molecule has 0 bridgehead atoms. The van der Waals surface area contributed by atoms with Gasteiger partial charge >= 0.3 is 5.97 Å².